The molecule has 0 radical (unpaired) electrons. The standard InChI is InChI=1S/C16H14ClN5OS2/c17-14-11(3-1-7-18-14)19-13(23)9-25-16-21-20-15(12-4-2-8-24-12)22(16)10-5-6-10/h1-4,7-8,10H,5-6,9H2,(H,19,23). The lowest BCUT2D eigenvalue weighted by atomic mass is 10.4. The van der Waals surface area contributed by atoms with Gasteiger partial charge in [0, 0.05) is 12.2 Å². The number of aromatic nitrogens is 4. The van der Waals surface area contributed by atoms with Crippen molar-refractivity contribution in [1.29, 1.82) is 0 Å². The number of carbonyl (C=O) groups is 1. The first-order valence-corrected chi connectivity index (χ1v) is 9.98. The van der Waals surface area contributed by atoms with Crippen LogP contribution in [0.4, 0.5) is 5.69 Å². The van der Waals surface area contributed by atoms with Crippen molar-refractivity contribution in [2.45, 2.75) is 24.0 Å². The first-order valence-electron chi connectivity index (χ1n) is 7.74. The van der Waals surface area contributed by atoms with E-state index in [0.717, 1.165) is 28.7 Å². The van der Waals surface area contributed by atoms with Crippen molar-refractivity contribution < 1.29 is 4.79 Å². The molecule has 0 aromatic carbocycles. The third-order valence-electron chi connectivity index (χ3n) is 3.68. The highest BCUT2D eigenvalue weighted by Crippen LogP contribution is 2.41. The Bertz CT molecular complexity index is 892. The largest absolute Gasteiger partial charge is 0.323 e. The maximum absolute atomic E-state index is 12.2. The van der Waals surface area contributed by atoms with E-state index in [9.17, 15) is 4.79 Å². The van der Waals surface area contributed by atoms with Crippen LogP contribution in [0.5, 0.6) is 0 Å². The van der Waals surface area contributed by atoms with Gasteiger partial charge in [-0.25, -0.2) is 4.98 Å². The molecular formula is C16H14ClN5OS2. The van der Waals surface area contributed by atoms with Crippen LogP contribution < -0.4 is 5.32 Å². The average Bonchev–Trinajstić information content (AvgIpc) is 3.13. The maximum Gasteiger partial charge on any atom is 0.234 e. The molecule has 0 saturated heterocycles. The normalized spacial score (nSPS) is 13.8. The van der Waals surface area contributed by atoms with Crippen LogP contribution in [0.1, 0.15) is 18.9 Å². The van der Waals surface area contributed by atoms with E-state index < -0.39 is 0 Å². The predicted octanol–water partition coefficient (Wildman–Crippen LogP) is 4.12. The van der Waals surface area contributed by atoms with E-state index in [4.69, 9.17) is 11.6 Å². The van der Waals surface area contributed by atoms with Crippen LogP contribution in [-0.4, -0.2) is 31.4 Å². The topological polar surface area (TPSA) is 72.7 Å². The molecule has 25 heavy (non-hydrogen) atoms. The molecule has 1 saturated carbocycles. The molecule has 0 atom stereocenters. The van der Waals surface area contributed by atoms with Gasteiger partial charge in [-0.1, -0.05) is 29.4 Å². The van der Waals surface area contributed by atoms with E-state index in [1.807, 2.05) is 17.5 Å². The maximum atomic E-state index is 12.2. The Morgan fingerprint density at radius 2 is 2.24 bits per heavy atom. The summed E-state index contributed by atoms with van der Waals surface area (Å²) in [7, 11) is 0. The lowest BCUT2D eigenvalue weighted by Crippen LogP contribution is -2.15. The van der Waals surface area contributed by atoms with E-state index in [0.29, 0.717) is 11.7 Å². The minimum Gasteiger partial charge on any atom is -0.323 e. The van der Waals surface area contributed by atoms with E-state index in [1.54, 1.807) is 29.7 Å². The highest BCUT2D eigenvalue weighted by Gasteiger charge is 2.30. The van der Waals surface area contributed by atoms with Crippen molar-refractivity contribution >= 4 is 46.3 Å². The molecular weight excluding hydrogens is 378 g/mol. The molecule has 1 aliphatic rings. The van der Waals surface area contributed by atoms with Crippen molar-refractivity contribution in [3.63, 3.8) is 0 Å². The van der Waals surface area contributed by atoms with Crippen LogP contribution in [0.25, 0.3) is 10.7 Å². The predicted molar refractivity (Wildman–Crippen MR) is 100 cm³/mol. The molecule has 9 heteroatoms. The number of hydrogen-bond acceptors (Lipinski definition) is 6. The van der Waals surface area contributed by atoms with Gasteiger partial charge in [-0.3, -0.25) is 9.36 Å². The van der Waals surface area contributed by atoms with Gasteiger partial charge in [-0.05, 0) is 36.4 Å². The number of thioether (sulfide) groups is 1. The highest BCUT2D eigenvalue weighted by molar-refractivity contribution is 7.99. The van der Waals surface area contributed by atoms with Gasteiger partial charge in [-0.15, -0.1) is 21.5 Å². The van der Waals surface area contributed by atoms with Crippen molar-refractivity contribution in [2.24, 2.45) is 0 Å². The third-order valence-corrected chi connectivity index (χ3v) is 5.79. The molecule has 1 fully saturated rings. The second kappa shape index (κ2) is 7.15. The number of hydrogen-bond donors (Lipinski definition) is 1. The van der Waals surface area contributed by atoms with Gasteiger partial charge in [0.2, 0.25) is 5.91 Å². The van der Waals surface area contributed by atoms with Crippen molar-refractivity contribution in [1.82, 2.24) is 19.7 Å². The number of rotatable bonds is 6. The molecule has 0 bridgehead atoms. The number of amides is 1. The number of halogens is 1. The van der Waals surface area contributed by atoms with Gasteiger partial charge in [0.25, 0.3) is 0 Å². The van der Waals surface area contributed by atoms with Gasteiger partial charge in [0.15, 0.2) is 16.1 Å². The zero-order valence-electron chi connectivity index (χ0n) is 13.1. The Morgan fingerprint density at radius 3 is 2.96 bits per heavy atom. The quantitative estimate of drug-likeness (QED) is 0.505. The monoisotopic (exact) mass is 391 g/mol. The van der Waals surface area contributed by atoms with Gasteiger partial charge in [0.1, 0.15) is 0 Å². The molecule has 1 amide bonds. The van der Waals surface area contributed by atoms with E-state index in [1.165, 1.54) is 11.8 Å². The number of carbonyl (C=O) groups excluding carboxylic acids is 1. The van der Waals surface area contributed by atoms with E-state index in [-0.39, 0.29) is 16.8 Å². The van der Waals surface area contributed by atoms with E-state index >= 15 is 0 Å². The van der Waals surface area contributed by atoms with Gasteiger partial charge in [0.05, 0.1) is 16.3 Å². The zero-order valence-corrected chi connectivity index (χ0v) is 15.4. The number of thiophene rings is 1. The smallest absolute Gasteiger partial charge is 0.234 e. The van der Waals surface area contributed by atoms with Crippen LogP contribution in [0, 0.1) is 0 Å². The average molecular weight is 392 g/mol. The summed E-state index contributed by atoms with van der Waals surface area (Å²) in [6.07, 6.45) is 3.83. The minimum atomic E-state index is -0.150. The first-order chi connectivity index (χ1) is 12.2. The van der Waals surface area contributed by atoms with Crippen LogP contribution in [0.2, 0.25) is 5.15 Å². The Labute approximate surface area is 157 Å². The van der Waals surface area contributed by atoms with Gasteiger partial charge in [-0.2, -0.15) is 0 Å². The molecule has 3 aromatic heterocycles. The lowest BCUT2D eigenvalue weighted by Gasteiger charge is -2.08. The molecule has 0 spiro atoms. The second-order valence-corrected chi connectivity index (χ2v) is 7.81. The summed E-state index contributed by atoms with van der Waals surface area (Å²) < 4.78 is 2.15. The highest BCUT2D eigenvalue weighted by atomic mass is 35.5. The molecule has 0 aliphatic heterocycles. The Kier molecular flexibility index (Phi) is 4.74. The molecule has 0 unspecified atom stereocenters. The summed E-state index contributed by atoms with van der Waals surface area (Å²) in [5.74, 6) is 0.971. The zero-order chi connectivity index (χ0) is 17.2. The molecule has 1 N–H and O–H groups in total. The minimum absolute atomic E-state index is 0.150. The summed E-state index contributed by atoms with van der Waals surface area (Å²) in [5.41, 5.74) is 0.512. The van der Waals surface area contributed by atoms with Crippen LogP contribution in [0.3, 0.4) is 0 Å². The summed E-state index contributed by atoms with van der Waals surface area (Å²) in [6.45, 7) is 0. The number of nitrogens with one attached hydrogen (secondary N) is 1. The number of nitrogens with zero attached hydrogens (tertiary/aromatic N) is 4. The number of anilines is 1. The van der Waals surface area contributed by atoms with Gasteiger partial charge < -0.3 is 5.32 Å². The second-order valence-electron chi connectivity index (χ2n) is 5.56. The van der Waals surface area contributed by atoms with E-state index in [2.05, 4.69) is 25.1 Å². The van der Waals surface area contributed by atoms with Crippen molar-refractivity contribution in [3.8, 4) is 10.7 Å². The molecule has 3 aromatic rings. The fourth-order valence-corrected chi connectivity index (χ4v) is 4.08. The first kappa shape index (κ1) is 16.6. The fourth-order valence-electron chi connectivity index (χ4n) is 2.41. The van der Waals surface area contributed by atoms with Crippen LogP contribution in [0.15, 0.2) is 41.0 Å². The third kappa shape index (κ3) is 3.70. The lowest BCUT2D eigenvalue weighted by molar-refractivity contribution is -0.113. The molecule has 4 rings (SSSR count). The summed E-state index contributed by atoms with van der Waals surface area (Å²) in [4.78, 5) is 17.2. The number of pyridine rings is 1. The SMILES string of the molecule is O=C(CSc1nnc(-c2cccs2)n1C1CC1)Nc1cccnc1Cl. The Balaban J connectivity index is 1.46. The van der Waals surface area contributed by atoms with Crippen LogP contribution in [-0.2, 0) is 4.79 Å². The van der Waals surface area contributed by atoms with Gasteiger partial charge >= 0.3 is 0 Å². The Hall–Kier alpha value is -1.90. The molecule has 3 heterocycles. The fraction of sp³-hybridized carbons (Fsp3) is 0.250. The van der Waals surface area contributed by atoms with Crippen LogP contribution >= 0.6 is 34.7 Å². The molecule has 6 nitrogen and oxygen atoms in total. The summed E-state index contributed by atoms with van der Waals surface area (Å²) in [5, 5.41) is 14.5. The molecule has 128 valence electrons. The van der Waals surface area contributed by atoms with Crippen molar-refractivity contribution in [3.05, 3.63) is 41.0 Å². The van der Waals surface area contributed by atoms with Crippen molar-refractivity contribution in [2.75, 3.05) is 11.1 Å². The molecule has 1 aliphatic carbocycles. The Morgan fingerprint density at radius 1 is 1.36 bits per heavy atom. The summed E-state index contributed by atoms with van der Waals surface area (Å²) in [6, 6.07) is 7.93. The summed E-state index contributed by atoms with van der Waals surface area (Å²) >= 11 is 8.99.